The van der Waals surface area contributed by atoms with Crippen molar-refractivity contribution in [1.29, 1.82) is 0 Å². The van der Waals surface area contributed by atoms with Gasteiger partial charge in [0.05, 0.1) is 0 Å². The molecule has 0 aromatic heterocycles. The second kappa shape index (κ2) is 6.43. The zero-order valence-corrected chi connectivity index (χ0v) is 12.8. The molecule has 0 atom stereocenters. The van der Waals surface area contributed by atoms with Crippen LogP contribution in [0.3, 0.4) is 0 Å². The zero-order valence-electron chi connectivity index (χ0n) is 12.8. The molecule has 4 nitrogen and oxygen atoms in total. The highest BCUT2D eigenvalue weighted by Gasteiger charge is 2.16. The maximum absolute atomic E-state index is 12.2. The summed E-state index contributed by atoms with van der Waals surface area (Å²) in [6, 6.07) is 10.2. The van der Waals surface area contributed by atoms with Gasteiger partial charge in [-0.3, -0.25) is 4.79 Å². The van der Waals surface area contributed by atoms with Crippen molar-refractivity contribution in [2.75, 3.05) is 6.61 Å². The van der Waals surface area contributed by atoms with Crippen LogP contribution in [-0.4, -0.2) is 23.5 Å². The van der Waals surface area contributed by atoms with Crippen molar-refractivity contribution >= 4 is 11.8 Å². The summed E-state index contributed by atoms with van der Waals surface area (Å²) >= 11 is 0. The predicted molar refractivity (Wildman–Crippen MR) is 83.4 cm³/mol. The largest absolute Gasteiger partial charge is 0.507 e. The average Bonchev–Trinajstić information content (AvgIpc) is 2.49. The third kappa shape index (κ3) is 3.52. The van der Waals surface area contributed by atoms with Gasteiger partial charge in [0.1, 0.15) is 11.3 Å². The van der Waals surface area contributed by atoms with E-state index in [0.717, 1.165) is 16.7 Å². The maximum atomic E-state index is 12.2. The Hall–Kier alpha value is -2.62. The lowest BCUT2D eigenvalue weighted by Gasteiger charge is -2.09. The molecule has 0 saturated carbocycles. The van der Waals surface area contributed by atoms with E-state index in [-0.39, 0.29) is 23.7 Å². The van der Waals surface area contributed by atoms with Gasteiger partial charge in [0.25, 0.3) is 0 Å². The molecule has 0 aliphatic rings. The van der Waals surface area contributed by atoms with E-state index in [2.05, 4.69) is 0 Å². The minimum atomic E-state index is -0.708. The number of hydrogen-bond donors (Lipinski definition) is 1. The number of ether oxygens (including phenoxy) is 1. The highest BCUT2D eigenvalue weighted by molar-refractivity contribution is 6.01. The molecule has 2 aromatic rings. The van der Waals surface area contributed by atoms with Crippen molar-refractivity contribution in [3.8, 4) is 5.75 Å². The van der Waals surface area contributed by atoms with Gasteiger partial charge in [-0.15, -0.1) is 0 Å². The number of esters is 1. The van der Waals surface area contributed by atoms with E-state index in [9.17, 15) is 14.7 Å². The summed E-state index contributed by atoms with van der Waals surface area (Å²) in [6.45, 7) is 5.18. The Morgan fingerprint density at radius 2 is 1.55 bits per heavy atom. The van der Waals surface area contributed by atoms with Gasteiger partial charge in [-0.05, 0) is 44.5 Å². The quantitative estimate of drug-likeness (QED) is 0.694. The first-order chi connectivity index (χ1) is 10.4. The monoisotopic (exact) mass is 298 g/mol. The van der Waals surface area contributed by atoms with Gasteiger partial charge >= 0.3 is 5.97 Å². The summed E-state index contributed by atoms with van der Waals surface area (Å²) < 4.78 is 5.03. The van der Waals surface area contributed by atoms with Crippen molar-refractivity contribution in [3.05, 3.63) is 64.2 Å². The molecule has 0 bridgehead atoms. The van der Waals surface area contributed by atoms with E-state index in [1.807, 2.05) is 26.0 Å². The topological polar surface area (TPSA) is 63.6 Å². The minimum absolute atomic E-state index is 0.0637. The van der Waals surface area contributed by atoms with Crippen LogP contribution in [0.1, 0.15) is 37.4 Å². The Labute approximate surface area is 129 Å². The molecule has 0 radical (unpaired) electrons. The van der Waals surface area contributed by atoms with Crippen molar-refractivity contribution in [1.82, 2.24) is 0 Å². The fourth-order valence-corrected chi connectivity index (χ4v) is 2.14. The number of hydrogen-bond acceptors (Lipinski definition) is 4. The standard InChI is InChI=1S/C18H18O4/c1-11-4-6-13(3)14(8-11)17(20)10-22-18(21)15-9-12(2)5-7-16(15)19/h4-9,19H,10H2,1-3H3. The van der Waals surface area contributed by atoms with Crippen molar-refractivity contribution in [2.24, 2.45) is 0 Å². The second-order valence-electron chi connectivity index (χ2n) is 5.34. The van der Waals surface area contributed by atoms with Crippen LogP contribution >= 0.6 is 0 Å². The molecule has 2 rings (SSSR count). The summed E-state index contributed by atoms with van der Waals surface area (Å²) in [5.74, 6) is -1.13. The summed E-state index contributed by atoms with van der Waals surface area (Å²) in [6.07, 6.45) is 0. The second-order valence-corrected chi connectivity index (χ2v) is 5.34. The minimum Gasteiger partial charge on any atom is -0.507 e. The first kappa shape index (κ1) is 15.8. The van der Waals surface area contributed by atoms with Crippen molar-refractivity contribution in [2.45, 2.75) is 20.8 Å². The number of phenols is 1. The normalized spacial score (nSPS) is 10.3. The molecule has 0 aliphatic heterocycles. The summed E-state index contributed by atoms with van der Waals surface area (Å²) in [7, 11) is 0. The first-order valence-corrected chi connectivity index (χ1v) is 6.95. The van der Waals surface area contributed by atoms with E-state index in [1.165, 1.54) is 12.1 Å². The van der Waals surface area contributed by atoms with Crippen LogP contribution < -0.4 is 0 Å². The van der Waals surface area contributed by atoms with Gasteiger partial charge in [-0.25, -0.2) is 4.79 Å². The van der Waals surface area contributed by atoms with Crippen LogP contribution in [0.25, 0.3) is 0 Å². The maximum Gasteiger partial charge on any atom is 0.342 e. The molecule has 0 amide bonds. The lowest BCUT2D eigenvalue weighted by Crippen LogP contribution is -2.15. The van der Waals surface area contributed by atoms with Crippen LogP contribution in [0, 0.1) is 20.8 Å². The van der Waals surface area contributed by atoms with E-state index >= 15 is 0 Å². The fraction of sp³-hybridized carbons (Fsp3) is 0.222. The van der Waals surface area contributed by atoms with Gasteiger partial charge in [0.2, 0.25) is 5.78 Å². The van der Waals surface area contributed by atoms with E-state index in [0.29, 0.717) is 5.56 Å². The van der Waals surface area contributed by atoms with Crippen LogP contribution in [0.5, 0.6) is 5.75 Å². The highest BCUT2D eigenvalue weighted by atomic mass is 16.5. The smallest absolute Gasteiger partial charge is 0.342 e. The van der Waals surface area contributed by atoms with Crippen LogP contribution in [0.15, 0.2) is 36.4 Å². The Morgan fingerprint density at radius 1 is 0.955 bits per heavy atom. The molecule has 0 heterocycles. The molecule has 0 saturated heterocycles. The first-order valence-electron chi connectivity index (χ1n) is 6.95. The summed E-state index contributed by atoms with van der Waals surface area (Å²) in [5, 5.41) is 9.68. The Balaban J connectivity index is 2.09. The number of carbonyl (C=O) groups excluding carboxylic acids is 2. The number of rotatable bonds is 4. The molecular formula is C18H18O4. The molecule has 0 unspecified atom stereocenters. The lowest BCUT2D eigenvalue weighted by molar-refractivity contribution is 0.0471. The number of aromatic hydroxyl groups is 1. The molecular weight excluding hydrogens is 280 g/mol. The van der Waals surface area contributed by atoms with Crippen LogP contribution in [0.2, 0.25) is 0 Å². The van der Waals surface area contributed by atoms with Crippen LogP contribution in [-0.2, 0) is 4.74 Å². The molecule has 114 valence electrons. The fourth-order valence-electron chi connectivity index (χ4n) is 2.14. The molecule has 22 heavy (non-hydrogen) atoms. The summed E-state index contributed by atoms with van der Waals surface area (Å²) in [4.78, 5) is 24.1. The molecule has 1 N–H and O–H groups in total. The predicted octanol–water partition coefficient (Wildman–Crippen LogP) is 3.36. The van der Waals surface area contributed by atoms with Gasteiger partial charge in [-0.2, -0.15) is 0 Å². The Bertz CT molecular complexity index is 668. The number of carbonyl (C=O) groups is 2. The summed E-state index contributed by atoms with van der Waals surface area (Å²) in [5.41, 5.74) is 3.24. The zero-order chi connectivity index (χ0) is 16.3. The Morgan fingerprint density at radius 3 is 2.23 bits per heavy atom. The van der Waals surface area contributed by atoms with Gasteiger partial charge in [0, 0.05) is 5.56 Å². The molecule has 0 spiro atoms. The Kier molecular flexibility index (Phi) is 4.61. The third-order valence-corrected chi connectivity index (χ3v) is 3.40. The number of aryl methyl sites for hydroxylation is 3. The van der Waals surface area contributed by atoms with Crippen LogP contribution in [0.4, 0.5) is 0 Å². The van der Waals surface area contributed by atoms with Gasteiger partial charge in [-0.1, -0.05) is 29.3 Å². The number of Topliss-reactive ketones (excluding diaryl/α,β-unsaturated/α-hetero) is 1. The number of benzene rings is 2. The van der Waals surface area contributed by atoms with E-state index in [4.69, 9.17) is 4.74 Å². The van der Waals surface area contributed by atoms with Gasteiger partial charge < -0.3 is 9.84 Å². The number of phenolic OH excluding ortho intramolecular Hbond substituents is 1. The molecule has 4 heteroatoms. The van der Waals surface area contributed by atoms with E-state index in [1.54, 1.807) is 19.1 Å². The molecule has 0 aliphatic carbocycles. The number of ketones is 1. The SMILES string of the molecule is Cc1ccc(C)c(C(=O)COC(=O)c2cc(C)ccc2O)c1. The van der Waals surface area contributed by atoms with Crippen molar-refractivity contribution in [3.63, 3.8) is 0 Å². The molecule has 2 aromatic carbocycles. The van der Waals surface area contributed by atoms with Gasteiger partial charge in [0.15, 0.2) is 6.61 Å². The average molecular weight is 298 g/mol. The molecule has 0 fully saturated rings. The van der Waals surface area contributed by atoms with E-state index < -0.39 is 5.97 Å². The highest BCUT2D eigenvalue weighted by Crippen LogP contribution is 2.19. The van der Waals surface area contributed by atoms with Crippen molar-refractivity contribution < 1.29 is 19.4 Å². The third-order valence-electron chi connectivity index (χ3n) is 3.40. The lowest BCUT2D eigenvalue weighted by atomic mass is 10.0.